The van der Waals surface area contributed by atoms with Crippen molar-refractivity contribution in [2.45, 2.75) is 64.0 Å². The molecule has 1 aromatic rings. The largest absolute Gasteiger partial charge is 0.497 e. The maximum atomic E-state index is 10.3. The van der Waals surface area contributed by atoms with Gasteiger partial charge in [-0.1, -0.05) is 25.7 Å². The second-order valence-electron chi connectivity index (χ2n) is 8.07. The molecule has 1 heterocycles. The van der Waals surface area contributed by atoms with E-state index in [1.165, 1.54) is 44.9 Å². The molecule has 4 heteroatoms. The quantitative estimate of drug-likeness (QED) is 0.693. The second-order valence-corrected chi connectivity index (χ2v) is 8.07. The molecule has 0 radical (unpaired) electrons. The minimum Gasteiger partial charge on any atom is -0.497 e. The number of aliphatic hydroxyl groups excluding tert-OH is 1. The lowest BCUT2D eigenvalue weighted by molar-refractivity contribution is 0.0439. The third-order valence-electron chi connectivity index (χ3n) is 6.47. The van der Waals surface area contributed by atoms with Gasteiger partial charge < -0.3 is 15.2 Å². The fourth-order valence-electron chi connectivity index (χ4n) is 4.86. The number of aliphatic imine (C=N–C) groups is 1. The first-order chi connectivity index (χ1) is 12.2. The molecule has 0 amide bonds. The smallest absolute Gasteiger partial charge is 0.164 e. The Morgan fingerprint density at radius 1 is 1.20 bits per heavy atom. The van der Waals surface area contributed by atoms with Crippen molar-refractivity contribution in [3.05, 3.63) is 18.2 Å². The maximum absolute atomic E-state index is 10.3. The minimum absolute atomic E-state index is 0.676. The first-order valence-electron chi connectivity index (χ1n) is 9.93. The summed E-state index contributed by atoms with van der Waals surface area (Å²) in [4.78, 5) is 4.66. The number of aliphatic hydroxyl groups is 1. The van der Waals surface area contributed by atoms with E-state index in [9.17, 15) is 5.11 Å². The highest BCUT2D eigenvalue weighted by Gasteiger charge is 2.39. The van der Waals surface area contributed by atoms with E-state index in [0.29, 0.717) is 0 Å². The second kappa shape index (κ2) is 7.36. The molecule has 0 spiro atoms. The topological polar surface area (TPSA) is 53.8 Å². The third kappa shape index (κ3) is 3.69. The lowest BCUT2D eigenvalue weighted by Gasteiger charge is -2.47. The van der Waals surface area contributed by atoms with Crippen LogP contribution in [0.5, 0.6) is 5.75 Å². The number of anilines is 1. The van der Waals surface area contributed by atoms with Gasteiger partial charge in [0, 0.05) is 6.07 Å². The van der Waals surface area contributed by atoms with Crippen molar-refractivity contribution < 1.29 is 9.84 Å². The Kier molecular flexibility index (Phi) is 4.98. The molecule has 1 aromatic carbocycles. The number of hydrogen-bond donors (Lipinski definition) is 2. The lowest BCUT2D eigenvalue weighted by Crippen LogP contribution is -2.36. The Labute approximate surface area is 150 Å². The monoisotopic (exact) mass is 342 g/mol. The van der Waals surface area contributed by atoms with E-state index in [1.807, 2.05) is 18.2 Å². The van der Waals surface area contributed by atoms with Crippen molar-refractivity contribution in [2.24, 2.45) is 22.7 Å². The number of ether oxygens (including phenoxy) is 1. The number of benzene rings is 1. The van der Waals surface area contributed by atoms with Gasteiger partial charge in [0.15, 0.2) is 6.23 Å². The van der Waals surface area contributed by atoms with Crippen LogP contribution < -0.4 is 10.1 Å². The van der Waals surface area contributed by atoms with Crippen LogP contribution in [0.2, 0.25) is 0 Å². The van der Waals surface area contributed by atoms with Gasteiger partial charge in [-0.25, -0.2) is 0 Å². The van der Waals surface area contributed by atoms with Crippen molar-refractivity contribution in [1.82, 2.24) is 0 Å². The molecule has 4 nitrogen and oxygen atoms in total. The van der Waals surface area contributed by atoms with E-state index in [0.717, 1.165) is 53.4 Å². The standard InChI is InChI=1S/C21H30N2O2/c1-25-17-9-10-18-20(13-17)23-21(24)19(22-18)6-4-2-3-5-15-8-7-14-11-16(15)12-14/h9-10,13-16,21,23-24H,2-8,11-12H2,1H3/t14?,15-,16?,21?/m0/s1. The summed E-state index contributed by atoms with van der Waals surface area (Å²) in [6.45, 7) is 0. The maximum Gasteiger partial charge on any atom is 0.164 e. The number of nitrogens with one attached hydrogen (secondary N) is 1. The number of unbranched alkanes of at least 4 members (excludes halogenated alkanes) is 2. The van der Waals surface area contributed by atoms with Gasteiger partial charge >= 0.3 is 0 Å². The van der Waals surface area contributed by atoms with Crippen LogP contribution in [-0.2, 0) is 0 Å². The number of methoxy groups -OCH3 is 1. The molecular formula is C21H30N2O2. The Balaban J connectivity index is 1.23. The summed E-state index contributed by atoms with van der Waals surface area (Å²) in [7, 11) is 1.65. The molecule has 1 unspecified atom stereocenters. The summed E-state index contributed by atoms with van der Waals surface area (Å²) in [5, 5.41) is 13.4. The molecule has 0 saturated heterocycles. The molecular weight excluding hydrogens is 312 g/mol. The summed E-state index contributed by atoms with van der Waals surface area (Å²) in [6, 6.07) is 5.74. The van der Waals surface area contributed by atoms with Crippen LogP contribution in [0.1, 0.15) is 57.8 Å². The zero-order valence-corrected chi connectivity index (χ0v) is 15.2. The fraction of sp³-hybridized carbons (Fsp3) is 0.667. The number of hydrogen-bond acceptors (Lipinski definition) is 4. The highest BCUT2D eigenvalue weighted by atomic mass is 16.5. The van der Waals surface area contributed by atoms with Crippen molar-refractivity contribution in [1.29, 1.82) is 0 Å². The Morgan fingerprint density at radius 3 is 2.84 bits per heavy atom. The summed E-state index contributed by atoms with van der Waals surface area (Å²) < 4.78 is 5.22. The van der Waals surface area contributed by atoms with Crippen LogP contribution in [0.3, 0.4) is 0 Å². The summed E-state index contributed by atoms with van der Waals surface area (Å²) in [5.74, 6) is 3.92. The van der Waals surface area contributed by atoms with Gasteiger partial charge in [0.25, 0.3) is 0 Å². The van der Waals surface area contributed by atoms with E-state index in [4.69, 9.17) is 4.74 Å². The Bertz CT molecular complexity index is 634. The van der Waals surface area contributed by atoms with Gasteiger partial charge in [0.1, 0.15) is 5.75 Å². The van der Waals surface area contributed by atoms with Gasteiger partial charge in [-0.05, 0) is 62.0 Å². The van der Waals surface area contributed by atoms with Gasteiger partial charge in [-0.3, -0.25) is 4.99 Å². The van der Waals surface area contributed by atoms with Crippen molar-refractivity contribution in [3.63, 3.8) is 0 Å². The lowest BCUT2D eigenvalue weighted by atomic mass is 9.59. The van der Waals surface area contributed by atoms with Gasteiger partial charge in [0.2, 0.25) is 0 Å². The molecule has 3 aliphatic carbocycles. The average Bonchev–Trinajstić information content (AvgIpc) is 2.60. The van der Waals surface area contributed by atoms with Crippen LogP contribution in [-0.4, -0.2) is 24.2 Å². The molecule has 5 rings (SSSR count). The number of nitrogens with zero attached hydrogens (tertiary/aromatic N) is 1. The molecule has 2 N–H and O–H groups in total. The van der Waals surface area contributed by atoms with Crippen LogP contribution in [0.25, 0.3) is 0 Å². The predicted octanol–water partition coefficient (Wildman–Crippen LogP) is 4.90. The SMILES string of the molecule is COc1ccc2c(c1)NC(O)C(CCCCC[C@H]1CCC3CC1C3)=N2. The normalized spacial score (nSPS) is 29.9. The van der Waals surface area contributed by atoms with E-state index < -0.39 is 6.23 Å². The van der Waals surface area contributed by atoms with E-state index in [2.05, 4.69) is 10.3 Å². The molecule has 2 bridgehead atoms. The zero-order chi connectivity index (χ0) is 17.2. The first kappa shape index (κ1) is 16.9. The van der Waals surface area contributed by atoms with Crippen LogP contribution in [0.4, 0.5) is 11.4 Å². The average molecular weight is 342 g/mol. The molecule has 2 atom stereocenters. The highest BCUT2D eigenvalue weighted by Crippen LogP contribution is 2.50. The van der Waals surface area contributed by atoms with Crippen LogP contribution >= 0.6 is 0 Å². The Hall–Kier alpha value is -1.55. The molecule has 3 fully saturated rings. The zero-order valence-electron chi connectivity index (χ0n) is 15.2. The van der Waals surface area contributed by atoms with Crippen molar-refractivity contribution in [3.8, 4) is 5.75 Å². The van der Waals surface area contributed by atoms with E-state index in [-0.39, 0.29) is 0 Å². The molecule has 1 aliphatic heterocycles. The first-order valence-corrected chi connectivity index (χ1v) is 9.93. The predicted molar refractivity (Wildman–Crippen MR) is 102 cm³/mol. The number of fused-ring (bicyclic) bond motifs is 3. The van der Waals surface area contributed by atoms with Crippen LogP contribution in [0, 0.1) is 17.8 Å². The molecule has 25 heavy (non-hydrogen) atoms. The summed E-state index contributed by atoms with van der Waals surface area (Å²) in [6.07, 6.45) is 11.3. The summed E-state index contributed by atoms with van der Waals surface area (Å²) >= 11 is 0. The number of rotatable bonds is 7. The van der Waals surface area contributed by atoms with E-state index in [1.54, 1.807) is 7.11 Å². The van der Waals surface area contributed by atoms with Crippen molar-refractivity contribution >= 4 is 17.1 Å². The Morgan fingerprint density at radius 2 is 2.08 bits per heavy atom. The fourth-order valence-corrected chi connectivity index (χ4v) is 4.86. The van der Waals surface area contributed by atoms with Crippen molar-refractivity contribution in [2.75, 3.05) is 12.4 Å². The molecule has 0 aromatic heterocycles. The highest BCUT2D eigenvalue weighted by molar-refractivity contribution is 5.97. The van der Waals surface area contributed by atoms with Gasteiger partial charge in [0.05, 0.1) is 24.2 Å². The molecule has 3 saturated carbocycles. The molecule has 4 aliphatic rings. The molecule has 136 valence electrons. The van der Waals surface area contributed by atoms with Gasteiger partial charge in [-0.15, -0.1) is 0 Å². The van der Waals surface area contributed by atoms with Crippen LogP contribution in [0.15, 0.2) is 23.2 Å². The third-order valence-corrected chi connectivity index (χ3v) is 6.47. The summed E-state index contributed by atoms with van der Waals surface area (Å²) in [5.41, 5.74) is 2.59. The van der Waals surface area contributed by atoms with E-state index >= 15 is 0 Å². The minimum atomic E-state index is -0.676. The van der Waals surface area contributed by atoms with Gasteiger partial charge in [-0.2, -0.15) is 0 Å².